The van der Waals surface area contributed by atoms with Crippen molar-refractivity contribution < 1.29 is 10.2 Å². The van der Waals surface area contributed by atoms with Crippen LogP contribution in [0.3, 0.4) is 0 Å². The highest BCUT2D eigenvalue weighted by atomic mass is 16.3. The molecule has 2 N–H and O–H groups in total. The van der Waals surface area contributed by atoms with Crippen molar-refractivity contribution in [3.8, 4) is 0 Å². The van der Waals surface area contributed by atoms with E-state index in [1.165, 1.54) is 89.9 Å². The molecule has 0 aromatic carbocycles. The van der Waals surface area contributed by atoms with Gasteiger partial charge in [0.05, 0.1) is 0 Å². The van der Waals surface area contributed by atoms with Crippen LogP contribution in [0, 0.1) is 0 Å². The van der Waals surface area contributed by atoms with E-state index in [2.05, 4.69) is 13.8 Å². The zero-order chi connectivity index (χ0) is 16.7. The zero-order valence-electron chi connectivity index (χ0n) is 15.6. The van der Waals surface area contributed by atoms with Gasteiger partial charge in [-0.15, -0.1) is 0 Å². The predicted octanol–water partition coefficient (Wildman–Crippen LogP) is 6.24. The molecule has 0 radical (unpaired) electrons. The van der Waals surface area contributed by atoms with Crippen molar-refractivity contribution in [3.63, 3.8) is 0 Å². The summed E-state index contributed by atoms with van der Waals surface area (Å²) >= 11 is 0. The summed E-state index contributed by atoms with van der Waals surface area (Å²) in [6, 6.07) is 0. The van der Waals surface area contributed by atoms with Crippen molar-refractivity contribution >= 4 is 0 Å². The lowest BCUT2D eigenvalue weighted by atomic mass is 10.1. The molecule has 2 heteroatoms. The van der Waals surface area contributed by atoms with E-state index in [4.69, 9.17) is 10.2 Å². The van der Waals surface area contributed by atoms with Gasteiger partial charge < -0.3 is 10.2 Å². The summed E-state index contributed by atoms with van der Waals surface area (Å²) in [5.41, 5.74) is 0. The first-order valence-corrected chi connectivity index (χ1v) is 10.0. The van der Waals surface area contributed by atoms with E-state index in [0.717, 1.165) is 12.8 Å². The lowest BCUT2D eigenvalue weighted by molar-refractivity contribution is 0.282. The Kier molecular flexibility index (Phi) is 28.4. The fourth-order valence-electron chi connectivity index (χ4n) is 2.49. The molecule has 0 bridgehead atoms. The molecule has 0 atom stereocenters. The Balaban J connectivity index is 0. The topological polar surface area (TPSA) is 40.5 Å². The molecule has 0 fully saturated rings. The normalized spacial score (nSPS) is 10.4. The molecule has 0 aliphatic heterocycles. The summed E-state index contributed by atoms with van der Waals surface area (Å²) in [6.07, 6.45) is 20.8. The Morgan fingerprint density at radius 1 is 0.364 bits per heavy atom. The van der Waals surface area contributed by atoms with Crippen LogP contribution < -0.4 is 0 Å². The molecule has 0 rings (SSSR count). The number of unbranched alkanes of at least 4 members (excludes halogenated alkanes) is 14. The van der Waals surface area contributed by atoms with Gasteiger partial charge >= 0.3 is 0 Å². The number of aliphatic hydroxyl groups excluding tert-OH is 2. The van der Waals surface area contributed by atoms with Gasteiger partial charge in [-0.3, -0.25) is 0 Å². The Morgan fingerprint density at radius 2 is 0.591 bits per heavy atom. The summed E-state index contributed by atoms with van der Waals surface area (Å²) < 4.78 is 0. The van der Waals surface area contributed by atoms with Gasteiger partial charge in [-0.25, -0.2) is 0 Å². The van der Waals surface area contributed by atoms with Crippen LogP contribution in [0.15, 0.2) is 0 Å². The Bertz CT molecular complexity index is 126. The molecule has 0 saturated heterocycles. The largest absolute Gasteiger partial charge is 0.396 e. The summed E-state index contributed by atoms with van der Waals surface area (Å²) in [4.78, 5) is 0. The van der Waals surface area contributed by atoms with E-state index in [1.54, 1.807) is 0 Å². The molecule has 0 unspecified atom stereocenters. The minimum Gasteiger partial charge on any atom is -0.396 e. The van der Waals surface area contributed by atoms with Gasteiger partial charge in [0.1, 0.15) is 0 Å². The molecule has 0 aliphatic carbocycles. The molecule has 0 spiro atoms. The maximum Gasteiger partial charge on any atom is 0.0431 e. The second-order valence-corrected chi connectivity index (χ2v) is 6.40. The average molecular weight is 317 g/mol. The van der Waals surface area contributed by atoms with Gasteiger partial charge in [-0.1, -0.05) is 104 Å². The minimum atomic E-state index is 0.370. The van der Waals surface area contributed by atoms with Crippen molar-refractivity contribution in [2.24, 2.45) is 0 Å². The van der Waals surface area contributed by atoms with Gasteiger partial charge in [-0.05, 0) is 12.8 Å². The average Bonchev–Trinajstić information content (AvgIpc) is 2.54. The third kappa shape index (κ3) is 28.1. The highest BCUT2D eigenvalue weighted by molar-refractivity contribution is 4.45. The maximum absolute atomic E-state index is 8.51. The van der Waals surface area contributed by atoms with E-state index < -0.39 is 0 Å². The summed E-state index contributed by atoms with van der Waals surface area (Å²) in [7, 11) is 0. The van der Waals surface area contributed by atoms with E-state index >= 15 is 0 Å². The third-order valence-electron chi connectivity index (χ3n) is 4.02. The molecule has 0 saturated carbocycles. The van der Waals surface area contributed by atoms with Crippen LogP contribution in [0.4, 0.5) is 0 Å². The van der Waals surface area contributed by atoms with Crippen LogP contribution >= 0.6 is 0 Å². The van der Waals surface area contributed by atoms with Crippen LogP contribution in [0.2, 0.25) is 0 Å². The van der Waals surface area contributed by atoms with Crippen LogP contribution in [0.1, 0.15) is 117 Å². The molecule has 0 aromatic rings. The quantitative estimate of drug-likeness (QED) is 0.331. The van der Waals surface area contributed by atoms with Crippen LogP contribution in [-0.2, 0) is 0 Å². The number of hydrogen-bond acceptors (Lipinski definition) is 2. The first kappa shape index (κ1) is 24.2. The monoisotopic (exact) mass is 316 g/mol. The van der Waals surface area contributed by atoms with E-state index in [1.807, 2.05) is 0 Å². The molecule has 0 aliphatic rings. The van der Waals surface area contributed by atoms with Gasteiger partial charge in [0.25, 0.3) is 0 Å². The molecule has 0 heterocycles. The van der Waals surface area contributed by atoms with Crippen molar-refractivity contribution in [2.45, 2.75) is 117 Å². The van der Waals surface area contributed by atoms with Gasteiger partial charge in [0.15, 0.2) is 0 Å². The molecule has 0 amide bonds. The van der Waals surface area contributed by atoms with E-state index in [-0.39, 0.29) is 0 Å². The number of aliphatic hydroxyl groups is 2. The number of rotatable bonds is 16. The van der Waals surface area contributed by atoms with Gasteiger partial charge in [-0.2, -0.15) is 0 Å². The minimum absolute atomic E-state index is 0.370. The molecule has 22 heavy (non-hydrogen) atoms. The third-order valence-corrected chi connectivity index (χ3v) is 4.02. The van der Waals surface area contributed by atoms with Crippen molar-refractivity contribution in [1.82, 2.24) is 0 Å². The highest BCUT2D eigenvalue weighted by Crippen LogP contribution is 2.08. The molecule has 136 valence electrons. The first-order valence-electron chi connectivity index (χ1n) is 10.0. The molecule has 0 aromatic heterocycles. The zero-order valence-corrected chi connectivity index (χ0v) is 15.6. The van der Waals surface area contributed by atoms with Crippen molar-refractivity contribution in [1.29, 1.82) is 0 Å². The Labute approximate surface area is 140 Å². The van der Waals surface area contributed by atoms with Crippen LogP contribution in [0.5, 0.6) is 0 Å². The second-order valence-electron chi connectivity index (χ2n) is 6.40. The summed E-state index contributed by atoms with van der Waals surface area (Å²) in [6.45, 7) is 5.22. The van der Waals surface area contributed by atoms with Crippen LogP contribution in [0.25, 0.3) is 0 Å². The van der Waals surface area contributed by atoms with E-state index in [9.17, 15) is 0 Å². The standard InChI is InChI=1S/2C10H22O/c2*1-2-3-4-5-6-7-8-9-10-11/h2*11H,2-10H2,1H3. The molecule has 2 nitrogen and oxygen atoms in total. The molecular weight excluding hydrogens is 272 g/mol. The van der Waals surface area contributed by atoms with Crippen LogP contribution in [-0.4, -0.2) is 23.4 Å². The Morgan fingerprint density at radius 3 is 0.818 bits per heavy atom. The lowest BCUT2D eigenvalue weighted by Crippen LogP contribution is -1.83. The van der Waals surface area contributed by atoms with Gasteiger partial charge in [0, 0.05) is 13.2 Å². The van der Waals surface area contributed by atoms with Crippen molar-refractivity contribution in [3.05, 3.63) is 0 Å². The van der Waals surface area contributed by atoms with Crippen molar-refractivity contribution in [2.75, 3.05) is 13.2 Å². The predicted molar refractivity (Wildman–Crippen MR) is 99.4 cm³/mol. The maximum atomic E-state index is 8.51. The highest BCUT2D eigenvalue weighted by Gasteiger charge is 1.90. The summed E-state index contributed by atoms with van der Waals surface area (Å²) in [5, 5.41) is 17.0. The fourth-order valence-corrected chi connectivity index (χ4v) is 2.49. The number of hydrogen-bond donors (Lipinski definition) is 2. The summed E-state index contributed by atoms with van der Waals surface area (Å²) in [5.74, 6) is 0. The SMILES string of the molecule is CCCCCCCCCCO.CCCCCCCCCCO. The molecular formula is C20H44O2. The Hall–Kier alpha value is -0.0800. The second kappa shape index (κ2) is 25.9. The smallest absolute Gasteiger partial charge is 0.0431 e. The van der Waals surface area contributed by atoms with Gasteiger partial charge in [0.2, 0.25) is 0 Å². The first-order chi connectivity index (χ1) is 10.8. The fraction of sp³-hybridized carbons (Fsp3) is 1.00. The lowest BCUT2D eigenvalue weighted by Gasteiger charge is -1.98. The van der Waals surface area contributed by atoms with E-state index in [0.29, 0.717) is 13.2 Å².